The minimum atomic E-state index is 0.410. The lowest BCUT2D eigenvalue weighted by atomic mass is 10.00. The topological polar surface area (TPSA) is 52.0 Å². The van der Waals surface area contributed by atoms with Crippen LogP contribution < -0.4 is 5.32 Å². The van der Waals surface area contributed by atoms with Crippen LogP contribution in [0.15, 0.2) is 30.6 Å². The van der Waals surface area contributed by atoms with Gasteiger partial charge in [0.25, 0.3) is 0 Å². The SMILES string of the molecule is CCCC1CC(Nc2ccc(-c3ncn(C)n3)cc2)CCO1. The maximum absolute atomic E-state index is 5.81. The average Bonchev–Trinajstić information content (AvgIpc) is 2.95. The summed E-state index contributed by atoms with van der Waals surface area (Å²) in [5.41, 5.74) is 2.20. The molecule has 5 heteroatoms. The maximum Gasteiger partial charge on any atom is 0.181 e. The minimum Gasteiger partial charge on any atom is -0.382 e. The number of ether oxygens (including phenoxy) is 1. The summed E-state index contributed by atoms with van der Waals surface area (Å²) in [6, 6.07) is 8.86. The second kappa shape index (κ2) is 6.92. The summed E-state index contributed by atoms with van der Waals surface area (Å²) in [5, 5.41) is 7.95. The van der Waals surface area contributed by atoms with E-state index in [1.54, 1.807) is 11.0 Å². The maximum atomic E-state index is 5.81. The van der Waals surface area contributed by atoms with Crippen LogP contribution in [0.2, 0.25) is 0 Å². The Morgan fingerprint density at radius 2 is 2.14 bits per heavy atom. The summed E-state index contributed by atoms with van der Waals surface area (Å²) in [7, 11) is 1.88. The van der Waals surface area contributed by atoms with Gasteiger partial charge in [-0.3, -0.25) is 4.68 Å². The molecule has 0 spiro atoms. The van der Waals surface area contributed by atoms with Crippen molar-refractivity contribution in [3.8, 4) is 11.4 Å². The quantitative estimate of drug-likeness (QED) is 0.921. The van der Waals surface area contributed by atoms with Crippen molar-refractivity contribution in [2.75, 3.05) is 11.9 Å². The molecule has 0 radical (unpaired) electrons. The van der Waals surface area contributed by atoms with E-state index in [1.165, 1.54) is 6.42 Å². The van der Waals surface area contributed by atoms with Gasteiger partial charge in [0.05, 0.1) is 6.10 Å². The van der Waals surface area contributed by atoms with E-state index in [1.807, 2.05) is 7.05 Å². The zero-order valence-electron chi connectivity index (χ0n) is 13.3. The number of hydrogen-bond donors (Lipinski definition) is 1. The first kappa shape index (κ1) is 15.0. The van der Waals surface area contributed by atoms with Crippen molar-refractivity contribution >= 4 is 5.69 Å². The third kappa shape index (κ3) is 3.65. The van der Waals surface area contributed by atoms with Crippen LogP contribution in [0.5, 0.6) is 0 Å². The van der Waals surface area contributed by atoms with Crippen molar-refractivity contribution < 1.29 is 4.74 Å². The zero-order valence-corrected chi connectivity index (χ0v) is 13.3. The largest absolute Gasteiger partial charge is 0.382 e. The van der Waals surface area contributed by atoms with E-state index < -0.39 is 0 Å². The molecule has 1 aliphatic heterocycles. The number of hydrogen-bond acceptors (Lipinski definition) is 4. The van der Waals surface area contributed by atoms with E-state index in [4.69, 9.17) is 4.74 Å². The fraction of sp³-hybridized carbons (Fsp3) is 0.529. The molecule has 1 saturated heterocycles. The number of aryl methyl sites for hydroxylation is 1. The van der Waals surface area contributed by atoms with Gasteiger partial charge in [-0.1, -0.05) is 13.3 Å². The molecular weight excluding hydrogens is 276 g/mol. The summed E-state index contributed by atoms with van der Waals surface area (Å²) < 4.78 is 7.53. The summed E-state index contributed by atoms with van der Waals surface area (Å²) in [4.78, 5) is 4.28. The van der Waals surface area contributed by atoms with Crippen molar-refractivity contribution in [3.05, 3.63) is 30.6 Å². The Labute approximate surface area is 131 Å². The van der Waals surface area contributed by atoms with Gasteiger partial charge >= 0.3 is 0 Å². The smallest absolute Gasteiger partial charge is 0.181 e. The van der Waals surface area contributed by atoms with Crippen LogP contribution in [0.1, 0.15) is 32.6 Å². The van der Waals surface area contributed by atoms with Crippen LogP contribution in [0.25, 0.3) is 11.4 Å². The van der Waals surface area contributed by atoms with Crippen LogP contribution >= 0.6 is 0 Å². The normalized spacial score (nSPS) is 21.7. The molecule has 3 rings (SSSR count). The lowest BCUT2D eigenvalue weighted by Crippen LogP contribution is -2.33. The lowest BCUT2D eigenvalue weighted by molar-refractivity contribution is 0.00598. The highest BCUT2D eigenvalue weighted by Crippen LogP contribution is 2.23. The molecule has 2 aromatic rings. The summed E-state index contributed by atoms with van der Waals surface area (Å²) in [6.45, 7) is 3.07. The monoisotopic (exact) mass is 300 g/mol. The van der Waals surface area contributed by atoms with Gasteiger partial charge in [0.2, 0.25) is 0 Å². The lowest BCUT2D eigenvalue weighted by Gasteiger charge is -2.30. The van der Waals surface area contributed by atoms with Gasteiger partial charge in [-0.25, -0.2) is 4.98 Å². The number of anilines is 1. The van der Waals surface area contributed by atoms with Crippen molar-refractivity contribution in [2.24, 2.45) is 7.05 Å². The highest BCUT2D eigenvalue weighted by molar-refractivity contribution is 5.59. The molecule has 0 bridgehead atoms. The fourth-order valence-corrected chi connectivity index (χ4v) is 2.96. The highest BCUT2D eigenvalue weighted by Gasteiger charge is 2.21. The standard InChI is InChI=1S/C17H24N4O/c1-3-4-16-11-15(9-10-22-16)19-14-7-5-13(6-8-14)17-18-12-21(2)20-17/h5-8,12,15-16,19H,3-4,9-11H2,1-2H3. The average molecular weight is 300 g/mol. The molecule has 2 heterocycles. The van der Waals surface area contributed by atoms with Gasteiger partial charge in [-0.2, -0.15) is 5.10 Å². The molecular formula is C17H24N4O. The Balaban J connectivity index is 1.61. The van der Waals surface area contributed by atoms with Gasteiger partial charge in [-0.05, 0) is 43.5 Å². The van der Waals surface area contributed by atoms with E-state index in [2.05, 4.69) is 46.6 Å². The van der Waals surface area contributed by atoms with E-state index in [9.17, 15) is 0 Å². The van der Waals surface area contributed by atoms with Crippen molar-refractivity contribution in [3.63, 3.8) is 0 Å². The summed E-state index contributed by atoms with van der Waals surface area (Å²) in [6.07, 6.45) is 6.64. The van der Waals surface area contributed by atoms with Gasteiger partial charge in [0, 0.05) is 30.9 Å². The Bertz CT molecular complexity index is 591. The van der Waals surface area contributed by atoms with Gasteiger partial charge in [0.1, 0.15) is 6.33 Å². The van der Waals surface area contributed by atoms with E-state index in [-0.39, 0.29) is 0 Å². The molecule has 22 heavy (non-hydrogen) atoms. The molecule has 1 aliphatic rings. The molecule has 1 N–H and O–H groups in total. The number of nitrogens with zero attached hydrogens (tertiary/aromatic N) is 3. The number of benzene rings is 1. The molecule has 0 amide bonds. The first-order valence-corrected chi connectivity index (χ1v) is 8.09. The number of aromatic nitrogens is 3. The first-order valence-electron chi connectivity index (χ1n) is 8.09. The van der Waals surface area contributed by atoms with Crippen LogP contribution in [0.4, 0.5) is 5.69 Å². The summed E-state index contributed by atoms with van der Waals surface area (Å²) in [5.74, 6) is 0.767. The fourth-order valence-electron chi connectivity index (χ4n) is 2.96. The molecule has 0 aliphatic carbocycles. The van der Waals surface area contributed by atoms with Crippen molar-refractivity contribution in [1.82, 2.24) is 14.8 Å². The Hall–Kier alpha value is -1.88. The second-order valence-corrected chi connectivity index (χ2v) is 5.97. The Kier molecular flexibility index (Phi) is 4.73. The Morgan fingerprint density at radius 1 is 1.32 bits per heavy atom. The zero-order chi connectivity index (χ0) is 15.4. The predicted molar refractivity (Wildman–Crippen MR) is 87.7 cm³/mol. The minimum absolute atomic E-state index is 0.410. The molecule has 118 valence electrons. The van der Waals surface area contributed by atoms with E-state index in [0.29, 0.717) is 12.1 Å². The van der Waals surface area contributed by atoms with Crippen molar-refractivity contribution in [1.29, 1.82) is 0 Å². The van der Waals surface area contributed by atoms with Gasteiger partial charge in [-0.15, -0.1) is 0 Å². The predicted octanol–water partition coefficient (Wildman–Crippen LogP) is 3.24. The molecule has 2 atom stereocenters. The molecule has 1 aromatic carbocycles. The van der Waals surface area contributed by atoms with E-state index >= 15 is 0 Å². The van der Waals surface area contributed by atoms with Crippen LogP contribution in [0, 0.1) is 0 Å². The van der Waals surface area contributed by atoms with Crippen LogP contribution in [-0.4, -0.2) is 33.5 Å². The third-order valence-corrected chi connectivity index (χ3v) is 4.09. The molecule has 1 aromatic heterocycles. The Morgan fingerprint density at radius 3 is 2.82 bits per heavy atom. The van der Waals surface area contributed by atoms with Crippen molar-refractivity contribution in [2.45, 2.75) is 44.8 Å². The van der Waals surface area contributed by atoms with Crippen LogP contribution in [-0.2, 0) is 11.8 Å². The highest BCUT2D eigenvalue weighted by atomic mass is 16.5. The first-order chi connectivity index (χ1) is 10.7. The summed E-state index contributed by atoms with van der Waals surface area (Å²) >= 11 is 0. The van der Waals surface area contributed by atoms with Gasteiger partial charge in [0.15, 0.2) is 5.82 Å². The van der Waals surface area contributed by atoms with Crippen LogP contribution in [0.3, 0.4) is 0 Å². The number of rotatable bonds is 5. The van der Waals surface area contributed by atoms with E-state index in [0.717, 1.165) is 42.9 Å². The third-order valence-electron chi connectivity index (χ3n) is 4.09. The molecule has 5 nitrogen and oxygen atoms in total. The number of nitrogens with one attached hydrogen (secondary N) is 1. The molecule has 2 unspecified atom stereocenters. The molecule has 1 fully saturated rings. The van der Waals surface area contributed by atoms with Gasteiger partial charge < -0.3 is 10.1 Å². The second-order valence-electron chi connectivity index (χ2n) is 5.97. The molecule has 0 saturated carbocycles.